The van der Waals surface area contributed by atoms with Crippen molar-refractivity contribution in [2.75, 3.05) is 23.0 Å². The molecule has 0 fully saturated rings. The van der Waals surface area contributed by atoms with E-state index in [4.69, 9.17) is 4.98 Å². The number of nitriles is 1. The summed E-state index contributed by atoms with van der Waals surface area (Å²) in [5.74, 6) is -0.823. The number of anilines is 2. The first-order valence-electron chi connectivity index (χ1n) is 18.9. The second-order valence-electron chi connectivity index (χ2n) is 16.0. The van der Waals surface area contributed by atoms with E-state index in [1.807, 2.05) is 6.07 Å². The summed E-state index contributed by atoms with van der Waals surface area (Å²) in [4.78, 5) is 51.1. The highest BCUT2D eigenvalue weighted by atomic mass is 32.1. The predicted molar refractivity (Wildman–Crippen MR) is 211 cm³/mol. The van der Waals surface area contributed by atoms with Gasteiger partial charge in [-0.3, -0.25) is 14.4 Å². The molecule has 8 nitrogen and oxygen atoms in total. The van der Waals surface area contributed by atoms with Gasteiger partial charge in [-0.25, -0.2) is 9.99 Å². The Kier molecular flexibility index (Phi) is 14.8. The molecule has 0 radical (unpaired) electrons. The van der Waals surface area contributed by atoms with Crippen LogP contribution in [0.2, 0.25) is 0 Å². The molecular weight excluding hydrogens is 655 g/mol. The van der Waals surface area contributed by atoms with Crippen molar-refractivity contribution in [2.45, 2.75) is 133 Å². The summed E-state index contributed by atoms with van der Waals surface area (Å²) in [6, 6.07) is 10.7. The van der Waals surface area contributed by atoms with Crippen LogP contribution < -0.4 is 9.91 Å². The van der Waals surface area contributed by atoms with E-state index in [2.05, 4.69) is 53.4 Å². The molecule has 0 saturated heterocycles. The van der Waals surface area contributed by atoms with Gasteiger partial charge in [-0.15, -0.1) is 0 Å². The van der Waals surface area contributed by atoms with E-state index in [1.165, 1.54) is 38.5 Å². The lowest BCUT2D eigenvalue weighted by atomic mass is 9.89. The molecule has 1 aromatic heterocycles. The predicted octanol–water partition coefficient (Wildman–Crippen LogP) is 10.3. The van der Waals surface area contributed by atoms with Crippen molar-refractivity contribution in [2.24, 2.45) is 17.3 Å². The molecule has 3 amide bonds. The van der Waals surface area contributed by atoms with Crippen LogP contribution in [0.25, 0.3) is 6.08 Å². The number of carbonyl (C=O) groups excluding carboxylic acids is 3. The minimum Gasteiger partial charge on any atom is -0.348 e. The lowest BCUT2D eigenvalue weighted by molar-refractivity contribution is -0.147. The third-order valence-corrected chi connectivity index (χ3v) is 10.8. The van der Waals surface area contributed by atoms with E-state index >= 15 is 0 Å². The Morgan fingerprint density at radius 1 is 0.922 bits per heavy atom. The van der Waals surface area contributed by atoms with Crippen molar-refractivity contribution < 1.29 is 14.4 Å². The average molecular weight is 716 g/mol. The number of carbonyl (C=O) groups is 3. The van der Waals surface area contributed by atoms with Crippen molar-refractivity contribution in [1.29, 1.82) is 5.26 Å². The number of benzene rings is 1. The normalized spacial score (nSPS) is 16.0. The number of unbranched alkanes of at least 4 members (excludes halogenated alkanes) is 2. The Bertz CT molecular complexity index is 1600. The topological polar surface area (TPSA) is 97.6 Å². The highest BCUT2D eigenvalue weighted by Gasteiger charge is 2.44. The van der Waals surface area contributed by atoms with Crippen molar-refractivity contribution in [3.63, 3.8) is 0 Å². The van der Waals surface area contributed by atoms with Crippen LogP contribution in [0, 0.1) is 28.6 Å². The molecule has 9 heteroatoms. The van der Waals surface area contributed by atoms with Gasteiger partial charge in [0.2, 0.25) is 0 Å². The average Bonchev–Trinajstić information content (AvgIpc) is 3.52. The molecule has 1 aliphatic rings. The Balaban J connectivity index is 2.25. The number of hydrogen-bond acceptors (Lipinski definition) is 7. The van der Waals surface area contributed by atoms with Crippen LogP contribution in [0.1, 0.15) is 138 Å². The maximum Gasteiger partial charge on any atom is 0.291 e. The zero-order valence-electron chi connectivity index (χ0n) is 33.1. The molecule has 278 valence electrons. The molecule has 2 heterocycles. The smallest absolute Gasteiger partial charge is 0.291 e. The number of nitrogens with zero attached hydrogens (tertiary/aromatic N) is 5. The van der Waals surface area contributed by atoms with Crippen molar-refractivity contribution >= 4 is 46.0 Å². The van der Waals surface area contributed by atoms with Gasteiger partial charge in [0, 0.05) is 29.5 Å². The van der Waals surface area contributed by atoms with Gasteiger partial charge < -0.3 is 4.90 Å². The molecule has 0 bridgehead atoms. The van der Waals surface area contributed by atoms with Gasteiger partial charge >= 0.3 is 0 Å². The quantitative estimate of drug-likeness (QED) is 0.127. The molecule has 2 aromatic rings. The molecule has 1 aromatic carbocycles. The van der Waals surface area contributed by atoms with Crippen LogP contribution in [0.3, 0.4) is 0 Å². The third kappa shape index (κ3) is 10.2. The lowest BCUT2D eigenvalue weighted by Gasteiger charge is -2.39. The van der Waals surface area contributed by atoms with E-state index in [-0.39, 0.29) is 16.6 Å². The molecular formula is C42H61N5O3S. The molecule has 0 spiro atoms. The highest BCUT2D eigenvalue weighted by molar-refractivity contribution is 7.16. The fourth-order valence-electron chi connectivity index (χ4n) is 6.37. The number of hydrazine groups is 1. The van der Waals surface area contributed by atoms with Crippen molar-refractivity contribution in [3.05, 3.63) is 57.6 Å². The van der Waals surface area contributed by atoms with Gasteiger partial charge in [0.15, 0.2) is 5.13 Å². The monoisotopic (exact) mass is 715 g/mol. The van der Waals surface area contributed by atoms with Gasteiger partial charge in [0.05, 0.1) is 16.3 Å². The SMILES string of the molecule is CCCCC(CC)CN(CC(CC)CCCC)c1nc(C(C)(C)C)c(/C=C2\C(=O)N(N(C(=O)C(C)(C)C)c3ccccc3)C(=O)C(C#N)=C2C)s1. The van der Waals surface area contributed by atoms with E-state index in [9.17, 15) is 19.6 Å². The first kappa shape index (κ1) is 41.6. The first-order valence-corrected chi connectivity index (χ1v) is 19.7. The van der Waals surface area contributed by atoms with Crippen LogP contribution in [0.4, 0.5) is 10.8 Å². The fraction of sp³-hybridized carbons (Fsp3) is 0.595. The van der Waals surface area contributed by atoms with Gasteiger partial charge in [-0.05, 0) is 55.4 Å². The molecule has 0 saturated carbocycles. The number of para-hydroxylation sites is 1. The Morgan fingerprint density at radius 3 is 1.92 bits per heavy atom. The van der Waals surface area contributed by atoms with E-state index < -0.39 is 23.1 Å². The number of imide groups is 1. The Labute approximate surface area is 311 Å². The zero-order valence-corrected chi connectivity index (χ0v) is 33.9. The summed E-state index contributed by atoms with van der Waals surface area (Å²) in [6.45, 7) is 24.1. The maximum absolute atomic E-state index is 14.6. The lowest BCUT2D eigenvalue weighted by Crippen LogP contribution is -2.58. The fourth-order valence-corrected chi connectivity index (χ4v) is 7.61. The summed E-state index contributed by atoms with van der Waals surface area (Å²) in [7, 11) is 0. The third-order valence-electron chi connectivity index (χ3n) is 9.70. The molecule has 1 aliphatic heterocycles. The van der Waals surface area contributed by atoms with Gasteiger partial charge in [-0.2, -0.15) is 10.3 Å². The molecule has 0 aliphatic carbocycles. The summed E-state index contributed by atoms with van der Waals surface area (Å²) in [5, 5.41) is 13.2. The molecule has 0 N–H and O–H groups in total. The summed E-state index contributed by atoms with van der Waals surface area (Å²) in [5.41, 5.74) is 0.259. The highest BCUT2D eigenvalue weighted by Crippen LogP contribution is 2.39. The molecule has 3 rings (SSSR count). The van der Waals surface area contributed by atoms with Crippen molar-refractivity contribution in [3.8, 4) is 6.07 Å². The number of rotatable bonds is 16. The first-order chi connectivity index (χ1) is 24.0. The number of aromatic nitrogens is 1. The van der Waals surface area contributed by atoms with Crippen LogP contribution in [0.5, 0.6) is 0 Å². The Morgan fingerprint density at radius 2 is 1.47 bits per heavy atom. The molecule has 51 heavy (non-hydrogen) atoms. The number of thiazole rings is 1. The van der Waals surface area contributed by atoms with Gasteiger partial charge in [0.25, 0.3) is 17.7 Å². The summed E-state index contributed by atoms with van der Waals surface area (Å²) >= 11 is 1.57. The van der Waals surface area contributed by atoms with Gasteiger partial charge in [0.1, 0.15) is 11.6 Å². The number of hydrogen-bond donors (Lipinski definition) is 0. The van der Waals surface area contributed by atoms with E-state index in [1.54, 1.807) is 75.4 Å². The minimum absolute atomic E-state index is 0.171. The maximum atomic E-state index is 14.6. The van der Waals surface area contributed by atoms with Crippen LogP contribution in [0.15, 0.2) is 47.1 Å². The van der Waals surface area contributed by atoms with E-state index in [0.717, 1.165) is 51.7 Å². The van der Waals surface area contributed by atoms with Crippen LogP contribution in [-0.4, -0.2) is 40.8 Å². The number of amides is 3. The largest absolute Gasteiger partial charge is 0.348 e. The second kappa shape index (κ2) is 18.1. The zero-order chi connectivity index (χ0) is 38.1. The summed E-state index contributed by atoms with van der Waals surface area (Å²) in [6.07, 6.45) is 11.1. The molecule has 2 unspecified atom stereocenters. The second-order valence-corrected chi connectivity index (χ2v) is 17.0. The van der Waals surface area contributed by atoms with Crippen molar-refractivity contribution in [1.82, 2.24) is 9.99 Å². The standard InChI is InChI=1S/C42H61N5O3S/c1-12-16-21-30(14-3)27-45(28-31(15-4)22-17-13-2)40-44-36(41(6,7)8)35(51-40)25-33-29(5)34(26-43)38(49)47(37(33)48)46(39(50)42(9,10)11)32-23-19-18-20-24-32/h18-20,23-25,30-31H,12-17,21-22,27-28H2,1-11H3/b33-25-. The van der Waals surface area contributed by atoms with Crippen LogP contribution in [-0.2, 0) is 19.8 Å². The van der Waals surface area contributed by atoms with Gasteiger partial charge in [-0.1, -0.05) is 137 Å². The molecule has 2 atom stereocenters. The minimum atomic E-state index is -0.931. The van der Waals surface area contributed by atoms with Crippen LogP contribution >= 0.6 is 11.3 Å². The van der Waals surface area contributed by atoms with E-state index in [0.29, 0.717) is 23.1 Å². The Hall–Kier alpha value is -3.77. The summed E-state index contributed by atoms with van der Waals surface area (Å²) < 4.78 is 0.